The molecule has 0 saturated carbocycles. The fourth-order valence-electron chi connectivity index (χ4n) is 1.98. The van der Waals surface area contributed by atoms with Gasteiger partial charge in [-0.15, -0.1) is 0 Å². The monoisotopic (exact) mass is 287 g/mol. The maximum atomic E-state index is 13.1. The molecule has 1 aromatic rings. The van der Waals surface area contributed by atoms with Gasteiger partial charge in [0.25, 0.3) is 0 Å². The lowest BCUT2D eigenvalue weighted by Gasteiger charge is -2.23. The summed E-state index contributed by atoms with van der Waals surface area (Å²) in [5.74, 6) is 0.189. The summed E-state index contributed by atoms with van der Waals surface area (Å²) in [5, 5.41) is 3.33. The number of hydrogen-bond donors (Lipinski definition) is 1. The van der Waals surface area contributed by atoms with Crippen LogP contribution in [0.1, 0.15) is 38.2 Å². The van der Waals surface area contributed by atoms with Crippen molar-refractivity contribution in [3.63, 3.8) is 0 Å². The van der Waals surface area contributed by atoms with E-state index in [4.69, 9.17) is 0 Å². The topological polar surface area (TPSA) is 12.0 Å². The number of rotatable bonds is 5. The van der Waals surface area contributed by atoms with Crippen LogP contribution in [-0.4, -0.2) is 13.1 Å². The summed E-state index contributed by atoms with van der Waals surface area (Å²) in [7, 11) is 1.98. The van der Waals surface area contributed by atoms with E-state index in [0.717, 1.165) is 12.8 Å². The molecule has 0 aliphatic rings. The smallest absolute Gasteiger partial charge is 0.137 e. The van der Waals surface area contributed by atoms with Crippen molar-refractivity contribution >= 4 is 15.9 Å². The third-order valence-electron chi connectivity index (χ3n) is 3.04. The summed E-state index contributed by atoms with van der Waals surface area (Å²) in [6.45, 7) is 4.36. The van der Waals surface area contributed by atoms with Crippen molar-refractivity contribution < 1.29 is 4.39 Å². The van der Waals surface area contributed by atoms with E-state index in [2.05, 4.69) is 35.1 Å². The van der Waals surface area contributed by atoms with Crippen LogP contribution in [0, 0.1) is 5.82 Å². The Balaban J connectivity index is 2.85. The Morgan fingerprint density at radius 1 is 1.44 bits per heavy atom. The molecule has 90 valence electrons. The van der Waals surface area contributed by atoms with Crippen LogP contribution in [0.4, 0.5) is 4.39 Å². The fraction of sp³-hybridized carbons (Fsp3) is 0.538. The first-order valence-electron chi connectivity index (χ1n) is 5.72. The summed E-state index contributed by atoms with van der Waals surface area (Å²) in [6, 6.07) is 5.71. The average molecular weight is 288 g/mol. The van der Waals surface area contributed by atoms with Gasteiger partial charge < -0.3 is 5.32 Å². The predicted molar refractivity (Wildman–Crippen MR) is 70.3 cm³/mol. The molecule has 0 heterocycles. The molecule has 2 atom stereocenters. The van der Waals surface area contributed by atoms with Gasteiger partial charge in [-0.05, 0) is 53.0 Å². The van der Waals surface area contributed by atoms with Gasteiger partial charge >= 0.3 is 0 Å². The molecule has 0 aromatic heterocycles. The Morgan fingerprint density at radius 2 is 2.12 bits per heavy atom. The van der Waals surface area contributed by atoms with Crippen molar-refractivity contribution in [1.29, 1.82) is 0 Å². The minimum atomic E-state index is -0.201. The standard InChI is InChI=1S/C13H19BrFN/c1-4-5-13(16-3)9(2)10-6-7-12(15)11(14)8-10/h6-9,13,16H,4-5H2,1-3H3. The van der Waals surface area contributed by atoms with E-state index < -0.39 is 0 Å². The molecule has 0 aliphatic carbocycles. The maximum Gasteiger partial charge on any atom is 0.137 e. The molecule has 16 heavy (non-hydrogen) atoms. The summed E-state index contributed by atoms with van der Waals surface area (Å²) < 4.78 is 13.7. The van der Waals surface area contributed by atoms with Crippen LogP contribution in [0.15, 0.2) is 22.7 Å². The second-order valence-corrected chi connectivity index (χ2v) is 5.00. The average Bonchev–Trinajstić information content (AvgIpc) is 2.28. The molecule has 2 unspecified atom stereocenters. The lowest BCUT2D eigenvalue weighted by atomic mass is 9.91. The molecule has 0 aliphatic heterocycles. The largest absolute Gasteiger partial charge is 0.316 e. The van der Waals surface area contributed by atoms with Crippen LogP contribution in [-0.2, 0) is 0 Å². The molecular weight excluding hydrogens is 269 g/mol. The zero-order chi connectivity index (χ0) is 12.1. The van der Waals surface area contributed by atoms with Crippen LogP contribution < -0.4 is 5.32 Å². The molecule has 0 saturated heterocycles. The van der Waals surface area contributed by atoms with Gasteiger partial charge in [0.15, 0.2) is 0 Å². The van der Waals surface area contributed by atoms with E-state index in [9.17, 15) is 4.39 Å². The van der Waals surface area contributed by atoms with Gasteiger partial charge in [0, 0.05) is 6.04 Å². The molecule has 1 nitrogen and oxygen atoms in total. The van der Waals surface area contributed by atoms with E-state index in [1.165, 1.54) is 11.6 Å². The van der Waals surface area contributed by atoms with Crippen LogP contribution >= 0.6 is 15.9 Å². The number of likely N-dealkylation sites (N-methyl/N-ethyl adjacent to an activating group) is 1. The molecule has 1 aromatic carbocycles. The van der Waals surface area contributed by atoms with Gasteiger partial charge in [-0.2, -0.15) is 0 Å². The van der Waals surface area contributed by atoms with E-state index in [0.29, 0.717) is 16.4 Å². The fourth-order valence-corrected chi connectivity index (χ4v) is 2.38. The van der Waals surface area contributed by atoms with Gasteiger partial charge in [0.05, 0.1) is 4.47 Å². The summed E-state index contributed by atoms with van der Waals surface area (Å²) in [5.41, 5.74) is 1.17. The van der Waals surface area contributed by atoms with Crippen LogP contribution in [0.2, 0.25) is 0 Å². The first-order chi connectivity index (χ1) is 7.60. The highest BCUT2D eigenvalue weighted by Crippen LogP contribution is 2.26. The van der Waals surface area contributed by atoms with Gasteiger partial charge in [-0.1, -0.05) is 26.3 Å². The number of benzene rings is 1. The number of hydrogen-bond acceptors (Lipinski definition) is 1. The molecule has 1 rings (SSSR count). The molecule has 1 N–H and O–H groups in total. The molecular formula is C13H19BrFN. The Morgan fingerprint density at radius 3 is 2.62 bits per heavy atom. The quantitative estimate of drug-likeness (QED) is 0.861. The second-order valence-electron chi connectivity index (χ2n) is 4.15. The highest BCUT2D eigenvalue weighted by atomic mass is 79.9. The van der Waals surface area contributed by atoms with Crippen molar-refractivity contribution in [2.45, 2.75) is 38.6 Å². The zero-order valence-corrected chi connectivity index (χ0v) is 11.6. The SMILES string of the molecule is CCCC(NC)C(C)c1ccc(F)c(Br)c1. The molecule has 0 spiro atoms. The van der Waals surface area contributed by atoms with E-state index in [1.54, 1.807) is 0 Å². The highest BCUT2D eigenvalue weighted by Gasteiger charge is 2.17. The van der Waals surface area contributed by atoms with Crippen molar-refractivity contribution in [2.75, 3.05) is 7.05 Å². The summed E-state index contributed by atoms with van der Waals surface area (Å²) in [6.07, 6.45) is 2.28. The Bertz CT molecular complexity index is 341. The van der Waals surface area contributed by atoms with Crippen LogP contribution in [0.5, 0.6) is 0 Å². The third-order valence-corrected chi connectivity index (χ3v) is 3.65. The first kappa shape index (κ1) is 13.7. The van der Waals surface area contributed by atoms with Gasteiger partial charge in [-0.3, -0.25) is 0 Å². The van der Waals surface area contributed by atoms with Crippen molar-refractivity contribution in [1.82, 2.24) is 5.32 Å². The molecule has 0 amide bonds. The molecule has 3 heteroatoms. The third kappa shape index (κ3) is 3.29. The molecule has 0 radical (unpaired) electrons. The second kappa shape index (κ2) is 6.36. The minimum Gasteiger partial charge on any atom is -0.316 e. The number of halogens is 2. The van der Waals surface area contributed by atoms with Gasteiger partial charge in [0.2, 0.25) is 0 Å². The molecule has 0 fully saturated rings. The Hall–Kier alpha value is -0.410. The Kier molecular flexibility index (Phi) is 5.42. The van der Waals surface area contributed by atoms with Crippen LogP contribution in [0.25, 0.3) is 0 Å². The number of nitrogens with one attached hydrogen (secondary N) is 1. The van der Waals surface area contributed by atoms with Crippen molar-refractivity contribution in [3.8, 4) is 0 Å². The predicted octanol–water partition coefficient (Wildman–Crippen LogP) is 4.08. The van der Waals surface area contributed by atoms with E-state index in [1.807, 2.05) is 19.2 Å². The first-order valence-corrected chi connectivity index (χ1v) is 6.51. The summed E-state index contributed by atoms with van der Waals surface area (Å²) >= 11 is 3.23. The normalized spacial score (nSPS) is 14.8. The zero-order valence-electron chi connectivity index (χ0n) is 10.1. The Labute approximate surface area is 106 Å². The van der Waals surface area contributed by atoms with Crippen molar-refractivity contribution in [3.05, 3.63) is 34.1 Å². The molecule has 0 bridgehead atoms. The lowest BCUT2D eigenvalue weighted by molar-refractivity contribution is 0.450. The van der Waals surface area contributed by atoms with Gasteiger partial charge in [0.1, 0.15) is 5.82 Å². The van der Waals surface area contributed by atoms with E-state index in [-0.39, 0.29) is 5.82 Å². The van der Waals surface area contributed by atoms with Crippen molar-refractivity contribution in [2.24, 2.45) is 0 Å². The highest BCUT2D eigenvalue weighted by molar-refractivity contribution is 9.10. The lowest BCUT2D eigenvalue weighted by Crippen LogP contribution is -2.30. The summed E-state index contributed by atoms with van der Waals surface area (Å²) in [4.78, 5) is 0. The minimum absolute atomic E-state index is 0.201. The van der Waals surface area contributed by atoms with E-state index >= 15 is 0 Å². The maximum absolute atomic E-state index is 13.1. The van der Waals surface area contributed by atoms with Crippen LogP contribution in [0.3, 0.4) is 0 Å². The van der Waals surface area contributed by atoms with Gasteiger partial charge in [-0.25, -0.2) is 4.39 Å².